The normalized spacial score (nSPS) is 10.3. The standard InChI is InChI=1S/C10H9F2N3O2/c11-10(12)9-5(3-13)1-6(2-8(16)17)15-7(9)4-14/h1,10H,2-3,13H2,(H,16,17). The van der Waals surface area contributed by atoms with E-state index < -0.39 is 30.1 Å². The number of nitrogens with zero attached hydrogens (tertiary/aromatic N) is 2. The highest BCUT2D eigenvalue weighted by molar-refractivity contribution is 5.69. The largest absolute Gasteiger partial charge is 0.481 e. The highest BCUT2D eigenvalue weighted by atomic mass is 19.3. The van der Waals surface area contributed by atoms with Crippen molar-refractivity contribution in [2.45, 2.75) is 19.4 Å². The maximum atomic E-state index is 12.7. The number of hydrogen-bond acceptors (Lipinski definition) is 4. The van der Waals surface area contributed by atoms with Crippen LogP contribution in [0, 0.1) is 11.3 Å². The fourth-order valence-electron chi connectivity index (χ4n) is 1.41. The van der Waals surface area contributed by atoms with E-state index in [1.165, 1.54) is 12.1 Å². The van der Waals surface area contributed by atoms with Gasteiger partial charge in [-0.05, 0) is 11.6 Å². The van der Waals surface area contributed by atoms with E-state index in [1.807, 2.05) is 0 Å². The first-order chi connectivity index (χ1) is 7.99. The van der Waals surface area contributed by atoms with E-state index in [0.29, 0.717) is 0 Å². The predicted octanol–water partition coefficient (Wildman–Crippen LogP) is 0.977. The molecule has 1 rings (SSSR count). The Morgan fingerprint density at radius 2 is 2.29 bits per heavy atom. The van der Waals surface area contributed by atoms with Crippen LogP contribution in [-0.4, -0.2) is 16.1 Å². The number of carboxylic acid groups (broad SMARTS) is 1. The van der Waals surface area contributed by atoms with Gasteiger partial charge in [0.25, 0.3) is 6.43 Å². The fraction of sp³-hybridized carbons (Fsp3) is 0.300. The van der Waals surface area contributed by atoms with E-state index in [4.69, 9.17) is 16.1 Å². The van der Waals surface area contributed by atoms with E-state index in [-0.39, 0.29) is 17.8 Å². The molecule has 0 atom stereocenters. The maximum absolute atomic E-state index is 12.7. The number of nitrogens with two attached hydrogens (primary N) is 1. The Morgan fingerprint density at radius 1 is 1.65 bits per heavy atom. The van der Waals surface area contributed by atoms with Gasteiger partial charge in [0.1, 0.15) is 11.8 Å². The smallest absolute Gasteiger partial charge is 0.309 e. The van der Waals surface area contributed by atoms with Crippen LogP contribution in [0.15, 0.2) is 6.07 Å². The third-order valence-electron chi connectivity index (χ3n) is 2.07. The average molecular weight is 241 g/mol. The molecule has 17 heavy (non-hydrogen) atoms. The Morgan fingerprint density at radius 3 is 2.71 bits per heavy atom. The van der Waals surface area contributed by atoms with Crippen molar-refractivity contribution < 1.29 is 18.7 Å². The second-order valence-corrected chi connectivity index (χ2v) is 3.22. The second-order valence-electron chi connectivity index (χ2n) is 3.22. The van der Waals surface area contributed by atoms with Gasteiger partial charge >= 0.3 is 5.97 Å². The molecule has 1 aromatic heterocycles. The number of hydrogen-bond donors (Lipinski definition) is 2. The zero-order chi connectivity index (χ0) is 13.0. The Bertz CT molecular complexity index is 483. The molecule has 7 heteroatoms. The van der Waals surface area contributed by atoms with Gasteiger partial charge in [-0.2, -0.15) is 5.26 Å². The summed E-state index contributed by atoms with van der Waals surface area (Å²) in [7, 11) is 0. The number of aliphatic carboxylic acids is 1. The molecular weight excluding hydrogens is 232 g/mol. The summed E-state index contributed by atoms with van der Waals surface area (Å²) < 4.78 is 25.4. The quantitative estimate of drug-likeness (QED) is 0.818. The summed E-state index contributed by atoms with van der Waals surface area (Å²) in [5.74, 6) is -1.16. The zero-order valence-corrected chi connectivity index (χ0v) is 8.65. The Hall–Kier alpha value is -2.07. The lowest BCUT2D eigenvalue weighted by molar-refractivity contribution is -0.136. The van der Waals surface area contributed by atoms with Crippen LogP contribution in [0.3, 0.4) is 0 Å². The van der Waals surface area contributed by atoms with Gasteiger partial charge in [-0.25, -0.2) is 13.8 Å². The van der Waals surface area contributed by atoms with Crippen LogP contribution in [0.25, 0.3) is 0 Å². The number of nitriles is 1. The van der Waals surface area contributed by atoms with E-state index >= 15 is 0 Å². The van der Waals surface area contributed by atoms with Crippen LogP contribution in [0.4, 0.5) is 8.78 Å². The van der Waals surface area contributed by atoms with E-state index in [2.05, 4.69) is 4.98 Å². The van der Waals surface area contributed by atoms with Crippen LogP contribution in [0.2, 0.25) is 0 Å². The summed E-state index contributed by atoms with van der Waals surface area (Å²) in [6.45, 7) is -0.205. The number of rotatable bonds is 4. The van der Waals surface area contributed by atoms with Gasteiger partial charge in [0.05, 0.1) is 17.7 Å². The molecule has 0 saturated carbocycles. The second kappa shape index (κ2) is 5.32. The summed E-state index contributed by atoms with van der Waals surface area (Å²) in [6, 6.07) is 2.72. The molecule has 5 nitrogen and oxygen atoms in total. The summed E-state index contributed by atoms with van der Waals surface area (Å²) in [6.07, 6.45) is -3.31. The summed E-state index contributed by atoms with van der Waals surface area (Å²) in [4.78, 5) is 14.1. The van der Waals surface area contributed by atoms with Crippen molar-refractivity contribution in [1.29, 1.82) is 5.26 Å². The molecule has 0 aliphatic carbocycles. The fourth-order valence-corrected chi connectivity index (χ4v) is 1.41. The van der Waals surface area contributed by atoms with Crippen molar-refractivity contribution in [3.05, 3.63) is 28.6 Å². The van der Waals surface area contributed by atoms with Crippen molar-refractivity contribution in [1.82, 2.24) is 4.98 Å². The average Bonchev–Trinajstić information content (AvgIpc) is 2.26. The minimum atomic E-state index is -2.87. The van der Waals surface area contributed by atoms with Crippen LogP contribution >= 0.6 is 0 Å². The lowest BCUT2D eigenvalue weighted by Gasteiger charge is -2.10. The summed E-state index contributed by atoms with van der Waals surface area (Å²) in [5.41, 5.74) is 4.38. The van der Waals surface area contributed by atoms with Crippen LogP contribution in [0.5, 0.6) is 0 Å². The minimum absolute atomic E-state index is 0.0406. The molecule has 0 aliphatic heterocycles. The van der Waals surface area contributed by atoms with E-state index in [9.17, 15) is 13.6 Å². The minimum Gasteiger partial charge on any atom is -0.481 e. The molecule has 0 unspecified atom stereocenters. The van der Waals surface area contributed by atoms with Crippen molar-refractivity contribution in [2.75, 3.05) is 0 Å². The lowest BCUT2D eigenvalue weighted by atomic mass is 10.0. The number of aromatic nitrogens is 1. The molecule has 0 fully saturated rings. The molecule has 0 bridgehead atoms. The van der Waals surface area contributed by atoms with E-state index in [0.717, 1.165) is 0 Å². The van der Waals surface area contributed by atoms with Crippen LogP contribution in [0.1, 0.15) is 28.9 Å². The first-order valence-electron chi connectivity index (χ1n) is 4.62. The van der Waals surface area contributed by atoms with Crippen molar-refractivity contribution >= 4 is 5.97 Å². The van der Waals surface area contributed by atoms with Gasteiger partial charge < -0.3 is 10.8 Å². The molecule has 0 aromatic carbocycles. The first kappa shape index (κ1) is 13.0. The third kappa shape index (κ3) is 2.95. The number of alkyl halides is 2. The van der Waals surface area contributed by atoms with Crippen molar-refractivity contribution in [2.24, 2.45) is 5.73 Å². The molecule has 1 aromatic rings. The molecular formula is C10H9F2N3O2. The maximum Gasteiger partial charge on any atom is 0.309 e. The molecule has 1 heterocycles. The summed E-state index contributed by atoms with van der Waals surface area (Å²) in [5, 5.41) is 17.3. The van der Waals surface area contributed by atoms with E-state index in [1.54, 1.807) is 0 Å². The van der Waals surface area contributed by atoms with Crippen LogP contribution < -0.4 is 5.73 Å². The molecule has 0 spiro atoms. The SMILES string of the molecule is N#Cc1nc(CC(=O)O)cc(CN)c1C(F)F. The monoisotopic (exact) mass is 241 g/mol. The topological polar surface area (TPSA) is 100 Å². The number of carbonyl (C=O) groups is 1. The highest BCUT2D eigenvalue weighted by Gasteiger charge is 2.20. The van der Waals surface area contributed by atoms with Gasteiger partial charge in [-0.3, -0.25) is 4.79 Å². The van der Waals surface area contributed by atoms with Gasteiger partial charge in [0, 0.05) is 6.54 Å². The zero-order valence-electron chi connectivity index (χ0n) is 8.65. The summed E-state index contributed by atoms with van der Waals surface area (Å²) >= 11 is 0. The molecule has 90 valence electrons. The molecule has 0 amide bonds. The molecule has 0 saturated heterocycles. The number of halogens is 2. The Balaban J connectivity index is 3.35. The number of carboxylic acids is 1. The predicted molar refractivity (Wildman–Crippen MR) is 53.1 cm³/mol. The van der Waals surface area contributed by atoms with Crippen molar-refractivity contribution in [3.8, 4) is 6.07 Å². The van der Waals surface area contributed by atoms with Crippen LogP contribution in [-0.2, 0) is 17.8 Å². The lowest BCUT2D eigenvalue weighted by Crippen LogP contribution is -2.11. The molecule has 3 N–H and O–H groups in total. The first-order valence-corrected chi connectivity index (χ1v) is 4.62. The van der Waals surface area contributed by atoms with Gasteiger partial charge in [-0.1, -0.05) is 0 Å². The van der Waals surface area contributed by atoms with Gasteiger partial charge in [0.2, 0.25) is 0 Å². The Labute approximate surface area is 95.5 Å². The van der Waals surface area contributed by atoms with Crippen molar-refractivity contribution in [3.63, 3.8) is 0 Å². The Kier molecular flexibility index (Phi) is 4.06. The molecule has 0 radical (unpaired) electrons. The number of pyridine rings is 1. The molecule has 0 aliphatic rings. The van der Waals surface area contributed by atoms with Gasteiger partial charge in [-0.15, -0.1) is 0 Å². The third-order valence-corrected chi connectivity index (χ3v) is 2.07. The highest BCUT2D eigenvalue weighted by Crippen LogP contribution is 2.26. The van der Waals surface area contributed by atoms with Gasteiger partial charge in [0.15, 0.2) is 0 Å².